The van der Waals surface area contributed by atoms with E-state index in [1.165, 1.54) is 64.1 Å². The number of nitrogens with one attached hydrogen (secondary N) is 4. The molecule has 14 aliphatic heterocycles. The van der Waals surface area contributed by atoms with E-state index < -0.39 is 100 Å². The van der Waals surface area contributed by atoms with Gasteiger partial charge < -0.3 is 93.0 Å². The second-order valence-electron chi connectivity index (χ2n) is 32.3. The van der Waals surface area contributed by atoms with Gasteiger partial charge in [0, 0.05) is 99.4 Å². The van der Waals surface area contributed by atoms with Crippen molar-refractivity contribution >= 4 is 59.6 Å². The van der Waals surface area contributed by atoms with E-state index in [2.05, 4.69) is 32.2 Å². The molecule has 2 unspecified atom stereocenters. The van der Waals surface area contributed by atoms with Crippen LogP contribution >= 0.6 is 23.5 Å². The van der Waals surface area contributed by atoms with Gasteiger partial charge in [0.25, 0.3) is 0 Å². The second-order valence-corrected chi connectivity index (χ2v) is 34.6. The summed E-state index contributed by atoms with van der Waals surface area (Å²) < 4.78 is 73.1. The summed E-state index contributed by atoms with van der Waals surface area (Å²) in [5, 5.41) is 82.6. The summed E-state index contributed by atoms with van der Waals surface area (Å²) in [6, 6.07) is 26.6. The van der Waals surface area contributed by atoms with Crippen LogP contribution in [-0.4, -0.2) is 175 Å². The lowest BCUT2D eigenvalue weighted by Crippen LogP contribution is -2.69. The summed E-state index contributed by atoms with van der Waals surface area (Å²) in [6.45, 7) is 7.66. The minimum Gasteiger partial charge on any atom is -0.504 e. The Morgan fingerprint density at radius 3 is 1.40 bits per heavy atom. The van der Waals surface area contributed by atoms with Gasteiger partial charge >= 0.3 is 23.9 Å². The van der Waals surface area contributed by atoms with Crippen molar-refractivity contribution in [1.82, 2.24) is 31.1 Å². The molecule has 9 N–H and O–H groups in total. The Kier molecular flexibility index (Phi) is 20.3. The number of phenolic OH excluding ortho intramolecular Hbond substituents is 4. The Morgan fingerprint density at radius 1 is 0.529 bits per heavy atom. The lowest BCUT2D eigenvalue weighted by molar-refractivity contribution is -0.164. The molecule has 4 saturated heterocycles. The number of aliphatic hydroxyl groups excluding tert-OH is 1. The highest BCUT2D eigenvalue weighted by molar-refractivity contribution is 7.99. The first kappa shape index (κ1) is 79.4. The summed E-state index contributed by atoms with van der Waals surface area (Å²) in [7, 11) is 5.97. The highest BCUT2D eigenvalue weighted by atomic mass is 32.2. The van der Waals surface area contributed by atoms with Gasteiger partial charge in [-0.15, -0.1) is 23.5 Å². The summed E-state index contributed by atoms with van der Waals surface area (Å²) >= 11 is 2.90. The number of carbonyl (C=O) groups is 4. The normalized spacial score (nSPS) is 27.2. The van der Waals surface area contributed by atoms with E-state index in [1.807, 2.05) is 105 Å². The fraction of sp³-hybridized carbons (Fsp3) is 0.374. The Bertz CT molecular complexity index is 5750. The van der Waals surface area contributed by atoms with E-state index in [4.69, 9.17) is 56.8 Å². The third-order valence-electron chi connectivity index (χ3n) is 26.0. The van der Waals surface area contributed by atoms with Gasteiger partial charge in [0.1, 0.15) is 37.0 Å². The molecule has 0 aliphatic carbocycles. The highest BCUT2D eigenvalue weighted by Crippen LogP contribution is 2.67. The van der Waals surface area contributed by atoms with Crippen LogP contribution in [0.4, 0.5) is 0 Å². The maximum atomic E-state index is 14.9. The molecule has 626 valence electrons. The molecule has 0 amide bonds. The van der Waals surface area contributed by atoms with Crippen LogP contribution in [0, 0.1) is 39.0 Å². The first-order valence-corrected chi connectivity index (χ1v) is 42.4. The van der Waals surface area contributed by atoms with Crippen molar-refractivity contribution in [2.45, 2.75) is 136 Å². The minimum atomic E-state index is -1.39. The average molecular weight is 1680 g/mol. The zero-order chi connectivity index (χ0) is 83.9. The lowest BCUT2D eigenvalue weighted by Gasteiger charge is -2.59. The van der Waals surface area contributed by atoms with Crippen molar-refractivity contribution in [3.8, 4) is 86.6 Å². The highest BCUT2D eigenvalue weighted by Gasteiger charge is 2.63. The van der Waals surface area contributed by atoms with Gasteiger partial charge in [0.05, 0.1) is 75.2 Å². The molecule has 14 atom stereocenters. The van der Waals surface area contributed by atoms with E-state index in [9.17, 15) is 50.0 Å². The number of aryl methyl sites for hydroxylation is 2. The summed E-state index contributed by atoms with van der Waals surface area (Å²) in [5.74, 6) is 1.30. The Labute approximate surface area is 704 Å². The smallest absolute Gasteiger partial charge is 0.336 e. The van der Waals surface area contributed by atoms with Crippen LogP contribution in [0.3, 0.4) is 0 Å². The molecule has 0 aromatic heterocycles. The van der Waals surface area contributed by atoms with E-state index >= 15 is 0 Å². The molecule has 8 bridgehead atoms. The van der Waals surface area contributed by atoms with Crippen molar-refractivity contribution in [3.63, 3.8) is 0 Å². The number of aromatic hydroxyl groups is 4. The standard InChI is InChI=1S/C46H44N4O10S.C45H45N3O11S/c1-22-14-26-15-28-29(18-47)50-30-19-57-45(54)46(27-17-32(55-3)31(51)16-25(27)12-13-48-46)20-61-44(38(50)37(49-28)34(26)39(53)40(22)56-4)36-35(30)43-42(58-21-59-43)23(2)41(36)60-33(52)11-10-24-8-6-5-7-9-24;1-21-14-25-15-27-43(52)48-28-18-56-44(53)45(26-17-30(54-3)29(49)16-24(26)12-13-46-45)19-60-42(36(48)35(47-27)32(25)37(51)38(21)55-4)34-33(28)41-40(57-20-58-41)22(2)39(34)59-31(50)11-10-23-8-6-5-7-9-23/h5-11,14,16-17,28-30,37-38,44,48-49,51,53H,12-13,15,19-21H2,1-4H3;5-11,14,16-17,27-28,35-36,42-43,46-47,49,51-52H,12-13,15,18-20H2,1-4H3/b2*11-10+/t28-,29-,30-,37+,38?,44+,46+;27-,28-,35+,36?,42+,43-,45+/m00/s1. The van der Waals surface area contributed by atoms with Crippen molar-refractivity contribution in [2.24, 2.45) is 0 Å². The van der Waals surface area contributed by atoms with Gasteiger partial charge in [0.2, 0.25) is 13.6 Å². The predicted molar refractivity (Wildman–Crippen MR) is 443 cm³/mol. The molecule has 28 nitrogen and oxygen atoms in total. The number of hydrogen-bond acceptors (Lipinski definition) is 30. The fourth-order valence-corrected chi connectivity index (χ4v) is 24.2. The second kappa shape index (κ2) is 31.0. The van der Waals surface area contributed by atoms with Crippen LogP contribution < -0.4 is 68.6 Å². The number of carbonyl (C=O) groups excluding carboxylic acids is 4. The zero-order valence-corrected chi connectivity index (χ0v) is 69.0. The molecule has 121 heavy (non-hydrogen) atoms. The minimum absolute atomic E-state index is 0.00947. The Hall–Kier alpha value is -11.4. The summed E-state index contributed by atoms with van der Waals surface area (Å²) in [5.41, 5.74) is 9.88. The van der Waals surface area contributed by atoms with Gasteiger partial charge in [-0.1, -0.05) is 72.8 Å². The van der Waals surface area contributed by atoms with E-state index in [0.717, 1.165) is 44.5 Å². The maximum absolute atomic E-state index is 14.9. The number of nitriles is 1. The largest absolute Gasteiger partial charge is 0.504 e. The zero-order valence-electron chi connectivity index (χ0n) is 67.4. The van der Waals surface area contributed by atoms with Crippen LogP contribution in [0.15, 0.2) is 109 Å². The molecule has 2 spiro atoms. The SMILES string of the molecule is COc1cc2c(cc1O)CCN[C@]21CS[C@@H]2c3c(OC(=O)/C=C/c4ccccc4)c(C)c4c(c3[C@H](COC1=O)N1C2[C@@H]2N[C@@H](Cc3cc(C)c(OC)c(O)c32)[C@@H]1C#N)OCO4.COc1cc2c(cc1O)CCN[C@]21CS[C@@H]2c3c(OC(=O)/C=C/c4ccccc4)c(C)c4c(c3[C@H](COC1=O)N1C2[C@@H]2N[C@@H](Cc3cc(C)c(OC)c(O)c32)[C@@H]1O)OCO4. The monoisotopic (exact) mass is 1680 g/mol. The summed E-state index contributed by atoms with van der Waals surface area (Å²) in [6.07, 6.45) is 7.01. The number of fused-ring (bicyclic) bond motifs is 18. The molecule has 14 aliphatic rings. The number of piperazine rings is 2. The fourth-order valence-electron chi connectivity index (χ4n) is 20.8. The molecular formula is C91H89N7O21S2. The number of phenols is 4. The summed E-state index contributed by atoms with van der Waals surface area (Å²) in [4.78, 5) is 61.7. The lowest BCUT2D eigenvalue weighted by atomic mass is 9.72. The topological polar surface area (TPSA) is 359 Å². The first-order chi connectivity index (χ1) is 58.6. The number of ether oxygens (including phenoxy) is 12. The molecule has 8 aromatic carbocycles. The number of nitrogens with zero attached hydrogens (tertiary/aromatic N) is 3. The average Bonchev–Trinajstić information content (AvgIpc) is 0.956. The van der Waals surface area contributed by atoms with Gasteiger partial charge in [-0.3, -0.25) is 20.4 Å². The third-order valence-corrected chi connectivity index (χ3v) is 29.0. The van der Waals surface area contributed by atoms with Gasteiger partial charge in [0.15, 0.2) is 80.1 Å². The van der Waals surface area contributed by atoms with Gasteiger partial charge in [-0.25, -0.2) is 19.2 Å². The van der Waals surface area contributed by atoms with Crippen LogP contribution in [0.1, 0.15) is 135 Å². The predicted octanol–water partition coefficient (Wildman–Crippen LogP) is 10.1. The number of esters is 4. The van der Waals surface area contributed by atoms with Crippen molar-refractivity contribution in [3.05, 3.63) is 209 Å². The number of thioether (sulfide) groups is 2. The van der Waals surface area contributed by atoms with Gasteiger partial charge in [-0.2, -0.15) is 5.26 Å². The van der Waals surface area contributed by atoms with E-state index in [0.29, 0.717) is 129 Å². The van der Waals surface area contributed by atoms with Crippen molar-refractivity contribution < 1.29 is 102 Å². The Morgan fingerprint density at radius 2 is 0.959 bits per heavy atom. The molecule has 0 radical (unpaired) electrons. The van der Waals surface area contributed by atoms with Crippen LogP contribution in [0.5, 0.6) is 80.5 Å². The number of rotatable bonds is 10. The van der Waals surface area contributed by atoms with Crippen molar-refractivity contribution in [2.75, 3.05) is 79.8 Å². The molecule has 0 saturated carbocycles. The molecule has 14 heterocycles. The molecule has 4 fully saturated rings. The Balaban J connectivity index is 0.000000160. The number of benzene rings is 8. The number of aliphatic hydroxyl groups is 1. The van der Waals surface area contributed by atoms with E-state index in [1.54, 1.807) is 36.4 Å². The third kappa shape index (κ3) is 12.6. The van der Waals surface area contributed by atoms with Crippen LogP contribution in [0.25, 0.3) is 12.2 Å². The van der Waals surface area contributed by atoms with Gasteiger partial charge in [-0.05, 0) is 145 Å². The van der Waals surface area contributed by atoms with Crippen LogP contribution in [0.2, 0.25) is 0 Å². The number of hydrogen-bond donors (Lipinski definition) is 9. The van der Waals surface area contributed by atoms with Crippen molar-refractivity contribution in [1.29, 1.82) is 5.26 Å². The molecule has 30 heteroatoms. The molecular weight excluding hydrogens is 1590 g/mol. The quantitative estimate of drug-likeness (QED) is 0.0349. The molecule has 8 aromatic rings. The first-order valence-electron chi connectivity index (χ1n) is 40.3. The van der Waals surface area contributed by atoms with E-state index in [-0.39, 0.29) is 90.3 Å². The maximum Gasteiger partial charge on any atom is 0.336 e. The molecule has 22 rings (SSSR count). The van der Waals surface area contributed by atoms with Crippen LogP contribution in [-0.2, 0) is 65.4 Å². The number of methoxy groups -OCH3 is 4.